The third-order valence-corrected chi connectivity index (χ3v) is 3.24. The first-order chi connectivity index (χ1) is 11.0. The van der Waals surface area contributed by atoms with Gasteiger partial charge in [0.15, 0.2) is 5.92 Å². The first-order valence-corrected chi connectivity index (χ1v) is 8.02. The molecule has 0 heterocycles. The Morgan fingerprint density at radius 1 is 0.957 bits per heavy atom. The molecule has 0 saturated heterocycles. The number of hydrogen-bond donors (Lipinski definition) is 0. The zero-order chi connectivity index (χ0) is 17.2. The van der Waals surface area contributed by atoms with Crippen molar-refractivity contribution in [3.8, 4) is 5.75 Å². The summed E-state index contributed by atoms with van der Waals surface area (Å²) in [5.74, 6) is -1.14. The summed E-state index contributed by atoms with van der Waals surface area (Å²) in [4.78, 5) is 23.7. The van der Waals surface area contributed by atoms with E-state index in [2.05, 4.69) is 6.07 Å². The highest BCUT2D eigenvalue weighted by atomic mass is 16.6. The molecule has 5 nitrogen and oxygen atoms in total. The second-order valence-corrected chi connectivity index (χ2v) is 5.37. The lowest BCUT2D eigenvalue weighted by molar-refractivity contribution is -0.162. The van der Waals surface area contributed by atoms with Crippen LogP contribution in [0.2, 0.25) is 0 Å². The molecule has 0 aromatic heterocycles. The molecule has 0 aliphatic rings. The monoisotopic (exact) mass is 322 g/mol. The van der Waals surface area contributed by atoms with Gasteiger partial charge in [-0.05, 0) is 63.8 Å². The SMILES string of the molecule is CCOC(=O)C(CCCOc1cc(C)cc(C)c1)C(=O)OCC. The van der Waals surface area contributed by atoms with Crippen LogP contribution in [0.3, 0.4) is 0 Å². The summed E-state index contributed by atoms with van der Waals surface area (Å²) >= 11 is 0. The summed E-state index contributed by atoms with van der Waals surface area (Å²) < 4.78 is 15.6. The van der Waals surface area contributed by atoms with Crippen LogP contribution in [0, 0.1) is 19.8 Å². The Kier molecular flexibility index (Phi) is 8.16. The minimum Gasteiger partial charge on any atom is -0.494 e. The lowest BCUT2D eigenvalue weighted by atomic mass is 10.0. The molecule has 0 aliphatic heterocycles. The van der Waals surface area contributed by atoms with Crippen LogP contribution in [-0.2, 0) is 19.1 Å². The van der Waals surface area contributed by atoms with Crippen molar-refractivity contribution < 1.29 is 23.8 Å². The quantitative estimate of drug-likeness (QED) is 0.397. The van der Waals surface area contributed by atoms with Crippen LogP contribution < -0.4 is 4.74 Å². The Hall–Kier alpha value is -2.04. The average Bonchev–Trinajstić information content (AvgIpc) is 2.46. The van der Waals surface area contributed by atoms with E-state index in [0.717, 1.165) is 16.9 Å². The molecule has 23 heavy (non-hydrogen) atoms. The molecule has 0 N–H and O–H groups in total. The number of benzene rings is 1. The number of carbonyl (C=O) groups is 2. The summed E-state index contributed by atoms with van der Waals surface area (Å²) in [6.45, 7) is 8.36. The summed E-state index contributed by atoms with van der Waals surface area (Å²) in [5.41, 5.74) is 2.27. The molecule has 0 unspecified atom stereocenters. The van der Waals surface area contributed by atoms with Gasteiger partial charge in [0.2, 0.25) is 0 Å². The number of carbonyl (C=O) groups excluding carboxylic acids is 2. The van der Waals surface area contributed by atoms with Crippen molar-refractivity contribution in [1.82, 2.24) is 0 Å². The molecular weight excluding hydrogens is 296 g/mol. The molecule has 0 radical (unpaired) electrons. The van der Waals surface area contributed by atoms with Crippen LogP contribution in [0.5, 0.6) is 5.75 Å². The smallest absolute Gasteiger partial charge is 0.320 e. The predicted octanol–water partition coefficient (Wildman–Crippen LogP) is 3.20. The zero-order valence-corrected chi connectivity index (χ0v) is 14.4. The van der Waals surface area contributed by atoms with E-state index in [9.17, 15) is 9.59 Å². The van der Waals surface area contributed by atoms with Crippen LogP contribution in [0.15, 0.2) is 18.2 Å². The highest BCUT2D eigenvalue weighted by Gasteiger charge is 2.28. The summed E-state index contributed by atoms with van der Waals surface area (Å²) in [6, 6.07) is 5.99. The first-order valence-electron chi connectivity index (χ1n) is 8.02. The van der Waals surface area contributed by atoms with E-state index in [1.54, 1.807) is 13.8 Å². The second-order valence-electron chi connectivity index (χ2n) is 5.37. The van der Waals surface area contributed by atoms with Crippen molar-refractivity contribution in [1.29, 1.82) is 0 Å². The van der Waals surface area contributed by atoms with Gasteiger partial charge in [0.25, 0.3) is 0 Å². The molecule has 0 amide bonds. The lowest BCUT2D eigenvalue weighted by Crippen LogP contribution is -2.28. The van der Waals surface area contributed by atoms with Gasteiger partial charge in [-0.1, -0.05) is 6.07 Å². The fourth-order valence-electron chi connectivity index (χ4n) is 2.31. The third kappa shape index (κ3) is 6.72. The van der Waals surface area contributed by atoms with Gasteiger partial charge >= 0.3 is 11.9 Å². The number of rotatable bonds is 9. The second kappa shape index (κ2) is 9.87. The molecular formula is C18H26O5. The number of hydrogen-bond acceptors (Lipinski definition) is 5. The Labute approximate surface area is 137 Å². The third-order valence-electron chi connectivity index (χ3n) is 3.24. The molecule has 0 atom stereocenters. The molecule has 1 rings (SSSR count). The summed E-state index contributed by atoms with van der Waals surface area (Å²) in [5, 5.41) is 0. The molecule has 0 spiro atoms. The Morgan fingerprint density at radius 3 is 1.96 bits per heavy atom. The fourth-order valence-corrected chi connectivity index (χ4v) is 2.31. The van der Waals surface area contributed by atoms with E-state index < -0.39 is 17.9 Å². The topological polar surface area (TPSA) is 61.8 Å². The fraction of sp³-hybridized carbons (Fsp3) is 0.556. The van der Waals surface area contributed by atoms with Crippen molar-refractivity contribution >= 4 is 11.9 Å². The van der Waals surface area contributed by atoms with E-state index in [1.807, 2.05) is 26.0 Å². The molecule has 0 aliphatic carbocycles. The molecule has 128 valence electrons. The maximum Gasteiger partial charge on any atom is 0.320 e. The van der Waals surface area contributed by atoms with Gasteiger partial charge in [-0.3, -0.25) is 9.59 Å². The highest BCUT2D eigenvalue weighted by Crippen LogP contribution is 2.17. The summed E-state index contributed by atoms with van der Waals surface area (Å²) in [7, 11) is 0. The minimum atomic E-state index is -0.877. The van der Waals surface area contributed by atoms with Gasteiger partial charge in [0, 0.05) is 0 Å². The van der Waals surface area contributed by atoms with Crippen molar-refractivity contribution in [2.24, 2.45) is 5.92 Å². The number of ether oxygens (including phenoxy) is 3. The normalized spacial score (nSPS) is 10.5. The molecule has 0 saturated carbocycles. The highest BCUT2D eigenvalue weighted by molar-refractivity contribution is 5.94. The molecule has 0 fully saturated rings. The van der Waals surface area contributed by atoms with Gasteiger partial charge in [-0.2, -0.15) is 0 Å². The van der Waals surface area contributed by atoms with Crippen LogP contribution in [-0.4, -0.2) is 31.8 Å². The summed E-state index contributed by atoms with van der Waals surface area (Å²) in [6.07, 6.45) is 0.914. The molecule has 5 heteroatoms. The molecule has 0 bridgehead atoms. The van der Waals surface area contributed by atoms with Crippen molar-refractivity contribution in [3.05, 3.63) is 29.3 Å². The van der Waals surface area contributed by atoms with E-state index in [4.69, 9.17) is 14.2 Å². The Morgan fingerprint density at radius 2 is 1.48 bits per heavy atom. The van der Waals surface area contributed by atoms with Crippen molar-refractivity contribution in [2.45, 2.75) is 40.5 Å². The van der Waals surface area contributed by atoms with Gasteiger partial charge in [0.05, 0.1) is 19.8 Å². The maximum atomic E-state index is 11.8. The van der Waals surface area contributed by atoms with Crippen LogP contribution in [0.25, 0.3) is 0 Å². The number of aryl methyl sites for hydroxylation is 2. The van der Waals surface area contributed by atoms with Gasteiger partial charge in [-0.15, -0.1) is 0 Å². The van der Waals surface area contributed by atoms with Crippen LogP contribution in [0.4, 0.5) is 0 Å². The maximum absolute atomic E-state index is 11.8. The van der Waals surface area contributed by atoms with Crippen molar-refractivity contribution in [2.75, 3.05) is 19.8 Å². The largest absolute Gasteiger partial charge is 0.494 e. The lowest BCUT2D eigenvalue weighted by Gasteiger charge is -2.14. The van der Waals surface area contributed by atoms with E-state index in [0.29, 0.717) is 19.4 Å². The van der Waals surface area contributed by atoms with Crippen LogP contribution in [0.1, 0.15) is 37.8 Å². The van der Waals surface area contributed by atoms with E-state index in [-0.39, 0.29) is 13.2 Å². The van der Waals surface area contributed by atoms with Gasteiger partial charge in [0.1, 0.15) is 5.75 Å². The molecule has 1 aromatic rings. The first kappa shape index (κ1) is 19.0. The van der Waals surface area contributed by atoms with E-state index in [1.165, 1.54) is 0 Å². The minimum absolute atomic E-state index is 0.244. The zero-order valence-electron chi connectivity index (χ0n) is 14.4. The Bertz CT molecular complexity index is 486. The van der Waals surface area contributed by atoms with Crippen molar-refractivity contribution in [3.63, 3.8) is 0 Å². The van der Waals surface area contributed by atoms with Gasteiger partial charge < -0.3 is 14.2 Å². The standard InChI is InChI=1S/C18H26O5/c1-5-21-17(19)16(18(20)22-6-2)8-7-9-23-15-11-13(3)10-14(4)12-15/h10-12,16H,5-9H2,1-4H3. The van der Waals surface area contributed by atoms with E-state index >= 15 is 0 Å². The molecule has 1 aromatic carbocycles. The predicted molar refractivity (Wildman–Crippen MR) is 87.4 cm³/mol. The Balaban J connectivity index is 2.51. The van der Waals surface area contributed by atoms with Gasteiger partial charge in [-0.25, -0.2) is 0 Å². The average molecular weight is 322 g/mol. The number of esters is 2. The van der Waals surface area contributed by atoms with Crippen LogP contribution >= 0.6 is 0 Å².